The molecule has 1 aliphatic heterocycles. The number of hydrogen-bond donors (Lipinski definition) is 3. The van der Waals surface area contributed by atoms with Gasteiger partial charge < -0.3 is 26.3 Å². The molecule has 1 amide bonds. The van der Waals surface area contributed by atoms with Crippen molar-refractivity contribution in [2.24, 2.45) is 11.5 Å². The predicted octanol–water partition coefficient (Wildman–Crippen LogP) is 2.79. The van der Waals surface area contributed by atoms with Gasteiger partial charge in [0.25, 0.3) is 5.91 Å². The van der Waals surface area contributed by atoms with E-state index < -0.39 is 0 Å². The topological polar surface area (TPSA) is 89.3 Å². The summed E-state index contributed by atoms with van der Waals surface area (Å²) in [5, 5.41) is 4.08. The number of benzene rings is 1. The van der Waals surface area contributed by atoms with Crippen LogP contribution < -0.4 is 16.8 Å². The van der Waals surface area contributed by atoms with Gasteiger partial charge >= 0.3 is 0 Å². The summed E-state index contributed by atoms with van der Waals surface area (Å²) in [6, 6.07) is 11.1. The van der Waals surface area contributed by atoms with Crippen molar-refractivity contribution in [3.63, 3.8) is 0 Å². The zero-order valence-electron chi connectivity index (χ0n) is 17.0. The van der Waals surface area contributed by atoms with E-state index in [4.69, 9.17) is 11.5 Å². The second-order valence-corrected chi connectivity index (χ2v) is 7.65. The molecule has 0 saturated carbocycles. The summed E-state index contributed by atoms with van der Waals surface area (Å²) in [5.74, 6) is 0.647. The molecule has 5 N–H and O–H groups in total. The maximum atomic E-state index is 13.0. The molecule has 1 aromatic carbocycles. The third-order valence-electron chi connectivity index (χ3n) is 5.45. The van der Waals surface area contributed by atoms with E-state index in [1.54, 1.807) is 13.1 Å². The van der Waals surface area contributed by atoms with Gasteiger partial charge in [-0.3, -0.25) is 4.79 Å². The maximum absolute atomic E-state index is 13.0. The highest BCUT2D eigenvalue weighted by Crippen LogP contribution is 2.34. The third-order valence-corrected chi connectivity index (χ3v) is 5.45. The lowest BCUT2D eigenvalue weighted by molar-refractivity contribution is -0.128. The minimum atomic E-state index is -0.0717. The average Bonchev–Trinajstić information content (AvgIpc) is 3.11. The van der Waals surface area contributed by atoms with Gasteiger partial charge in [0.05, 0.1) is 11.4 Å². The largest absolute Gasteiger partial charge is 0.404 e. The zero-order chi connectivity index (χ0) is 20.3. The van der Waals surface area contributed by atoms with Crippen LogP contribution in [0.25, 0.3) is 10.9 Å². The van der Waals surface area contributed by atoms with Gasteiger partial charge in [0.1, 0.15) is 0 Å². The molecule has 0 bridgehead atoms. The van der Waals surface area contributed by atoms with Crippen molar-refractivity contribution >= 4 is 16.8 Å². The van der Waals surface area contributed by atoms with Crippen molar-refractivity contribution in [2.45, 2.75) is 38.6 Å². The van der Waals surface area contributed by atoms with Crippen LogP contribution in [0.3, 0.4) is 0 Å². The van der Waals surface area contributed by atoms with Gasteiger partial charge in [-0.2, -0.15) is 0 Å². The molecular formula is C22H31N5O. The molecule has 2 aromatic rings. The van der Waals surface area contributed by atoms with Crippen LogP contribution in [-0.2, 0) is 4.79 Å². The zero-order valence-corrected chi connectivity index (χ0v) is 17.0. The molecule has 0 aliphatic carbocycles. The van der Waals surface area contributed by atoms with Crippen molar-refractivity contribution in [3.8, 4) is 0 Å². The van der Waals surface area contributed by atoms with E-state index in [1.165, 1.54) is 22.8 Å². The standard InChI is InChI=1S/C22H31N5O/c1-15(2)27-19-9-5-4-7-16(19)11-20(27)17-8-6-10-26(14-17)22(28)18(13-23)12-21(24)25-3/h4-5,7,9,11-13,15,17,25H,6,8,10,14,23-24H2,1-3H3/b18-13+,21-12+. The SMILES string of the molecule is CN/C(N)=C/C(=C\N)C(=O)N1CCCC(c2cc3ccccc3n2C(C)C)C1. The van der Waals surface area contributed by atoms with Gasteiger partial charge in [-0.1, -0.05) is 18.2 Å². The molecule has 6 nitrogen and oxygen atoms in total. The van der Waals surface area contributed by atoms with E-state index in [9.17, 15) is 4.79 Å². The van der Waals surface area contributed by atoms with Gasteiger partial charge in [0.15, 0.2) is 0 Å². The summed E-state index contributed by atoms with van der Waals surface area (Å²) in [4.78, 5) is 14.9. The van der Waals surface area contributed by atoms with Gasteiger partial charge in [-0.25, -0.2) is 0 Å². The highest BCUT2D eigenvalue weighted by Gasteiger charge is 2.29. The maximum Gasteiger partial charge on any atom is 0.255 e. The minimum absolute atomic E-state index is 0.0717. The molecule has 1 atom stereocenters. The van der Waals surface area contributed by atoms with Gasteiger partial charge in [-0.05, 0) is 50.3 Å². The Morgan fingerprint density at radius 2 is 2.07 bits per heavy atom. The molecule has 1 aliphatic rings. The number of nitrogens with one attached hydrogen (secondary N) is 1. The Labute approximate surface area is 166 Å². The minimum Gasteiger partial charge on any atom is -0.404 e. The van der Waals surface area contributed by atoms with Gasteiger partial charge in [0.2, 0.25) is 0 Å². The fraction of sp³-hybridized carbons (Fsp3) is 0.409. The second kappa shape index (κ2) is 8.42. The lowest BCUT2D eigenvalue weighted by Gasteiger charge is -2.34. The molecule has 28 heavy (non-hydrogen) atoms. The summed E-state index contributed by atoms with van der Waals surface area (Å²) >= 11 is 0. The molecular weight excluding hydrogens is 350 g/mol. The van der Waals surface area contributed by atoms with E-state index in [0.717, 1.165) is 19.4 Å². The number of hydrogen-bond acceptors (Lipinski definition) is 4. The van der Waals surface area contributed by atoms with E-state index in [0.29, 0.717) is 29.9 Å². The van der Waals surface area contributed by atoms with Crippen molar-refractivity contribution in [1.82, 2.24) is 14.8 Å². The first-order valence-corrected chi connectivity index (χ1v) is 9.92. The molecule has 1 aromatic heterocycles. The molecule has 6 heteroatoms. The Bertz CT molecular complexity index is 909. The quantitative estimate of drug-likeness (QED) is 0.549. The van der Waals surface area contributed by atoms with Crippen LogP contribution in [0, 0.1) is 0 Å². The van der Waals surface area contributed by atoms with Crippen LogP contribution in [0.5, 0.6) is 0 Å². The first-order chi connectivity index (χ1) is 13.5. The van der Waals surface area contributed by atoms with Crippen molar-refractivity contribution < 1.29 is 4.79 Å². The van der Waals surface area contributed by atoms with Crippen molar-refractivity contribution in [2.75, 3.05) is 20.1 Å². The molecule has 2 heterocycles. The van der Waals surface area contributed by atoms with E-state index in [1.807, 2.05) is 4.90 Å². The molecule has 0 spiro atoms. The highest BCUT2D eigenvalue weighted by atomic mass is 16.2. The van der Waals surface area contributed by atoms with Crippen molar-refractivity contribution in [1.29, 1.82) is 0 Å². The summed E-state index contributed by atoms with van der Waals surface area (Å²) in [7, 11) is 1.71. The summed E-state index contributed by atoms with van der Waals surface area (Å²) in [6.07, 6.45) is 4.97. The Kier molecular flexibility index (Phi) is 5.97. The Hall–Kier alpha value is -2.89. The third kappa shape index (κ3) is 3.86. The second-order valence-electron chi connectivity index (χ2n) is 7.65. The van der Waals surface area contributed by atoms with Crippen LogP contribution in [0.1, 0.15) is 44.3 Å². The number of nitrogens with two attached hydrogens (primary N) is 2. The fourth-order valence-corrected chi connectivity index (χ4v) is 4.09. The number of para-hydroxylation sites is 1. The van der Waals surface area contributed by atoms with E-state index in [-0.39, 0.29) is 5.91 Å². The smallest absolute Gasteiger partial charge is 0.255 e. The molecule has 1 fully saturated rings. The first-order valence-electron chi connectivity index (χ1n) is 9.92. The predicted molar refractivity (Wildman–Crippen MR) is 114 cm³/mol. The molecule has 1 saturated heterocycles. The van der Waals surface area contributed by atoms with Crippen LogP contribution in [0.2, 0.25) is 0 Å². The van der Waals surface area contributed by atoms with E-state index in [2.05, 4.69) is 54.1 Å². The summed E-state index contributed by atoms with van der Waals surface area (Å²) in [5.41, 5.74) is 14.5. The Balaban J connectivity index is 1.89. The number of likely N-dealkylation sites (tertiary alicyclic amines) is 1. The molecule has 0 radical (unpaired) electrons. The number of amides is 1. The Morgan fingerprint density at radius 3 is 2.75 bits per heavy atom. The lowest BCUT2D eigenvalue weighted by Crippen LogP contribution is -2.40. The van der Waals surface area contributed by atoms with Gasteiger partial charge in [0, 0.05) is 49.5 Å². The van der Waals surface area contributed by atoms with Gasteiger partial charge in [-0.15, -0.1) is 0 Å². The number of nitrogens with zero attached hydrogens (tertiary/aromatic N) is 2. The highest BCUT2D eigenvalue weighted by molar-refractivity contribution is 5.96. The summed E-state index contributed by atoms with van der Waals surface area (Å²) in [6.45, 7) is 5.85. The number of carbonyl (C=O) groups excluding carboxylic acids is 1. The number of carbonyl (C=O) groups is 1. The summed E-state index contributed by atoms with van der Waals surface area (Å²) < 4.78 is 2.41. The monoisotopic (exact) mass is 381 g/mol. The fourth-order valence-electron chi connectivity index (χ4n) is 4.09. The molecule has 150 valence electrons. The molecule has 3 rings (SSSR count). The number of aromatic nitrogens is 1. The first kappa shape index (κ1) is 19.9. The molecule has 1 unspecified atom stereocenters. The van der Waals surface area contributed by atoms with Crippen LogP contribution in [0.15, 0.2) is 54.0 Å². The van der Waals surface area contributed by atoms with Crippen LogP contribution in [-0.4, -0.2) is 35.5 Å². The lowest BCUT2D eigenvalue weighted by atomic mass is 9.93. The van der Waals surface area contributed by atoms with Crippen LogP contribution in [0.4, 0.5) is 0 Å². The van der Waals surface area contributed by atoms with Crippen LogP contribution >= 0.6 is 0 Å². The normalized spacial score (nSPS) is 18.7. The number of rotatable bonds is 5. The number of fused-ring (bicyclic) bond motifs is 1. The number of piperidine rings is 1. The van der Waals surface area contributed by atoms with Crippen molar-refractivity contribution in [3.05, 3.63) is 59.7 Å². The Morgan fingerprint density at radius 1 is 1.32 bits per heavy atom. The average molecular weight is 382 g/mol. The van der Waals surface area contributed by atoms with E-state index >= 15 is 0 Å².